The van der Waals surface area contributed by atoms with Crippen LogP contribution in [0.2, 0.25) is 0 Å². The average molecular weight is 323 g/mol. The number of hydrogen-bond acceptors (Lipinski definition) is 3. The molecule has 130 valence electrons. The molecular formula is C17H29N3O3. The molecule has 0 aromatic rings. The lowest BCUT2D eigenvalue weighted by Crippen LogP contribution is -2.52. The molecule has 2 rings (SSSR count). The van der Waals surface area contributed by atoms with E-state index in [0.29, 0.717) is 12.6 Å². The van der Waals surface area contributed by atoms with Crippen molar-refractivity contribution in [1.29, 1.82) is 0 Å². The van der Waals surface area contributed by atoms with Crippen LogP contribution in [-0.4, -0.2) is 46.8 Å². The number of nitrogens with one attached hydrogen (secondary N) is 2. The summed E-state index contributed by atoms with van der Waals surface area (Å²) in [6.45, 7) is 7.85. The molecule has 1 aliphatic heterocycles. The molecule has 1 aliphatic carbocycles. The fraction of sp³-hybridized carbons (Fsp3) is 0.824. The van der Waals surface area contributed by atoms with Gasteiger partial charge >= 0.3 is 0 Å². The Morgan fingerprint density at radius 2 is 1.83 bits per heavy atom. The van der Waals surface area contributed by atoms with Crippen molar-refractivity contribution >= 4 is 17.7 Å². The summed E-state index contributed by atoms with van der Waals surface area (Å²) in [7, 11) is 0. The Morgan fingerprint density at radius 3 is 2.39 bits per heavy atom. The van der Waals surface area contributed by atoms with E-state index in [1.807, 2.05) is 25.7 Å². The normalized spacial score (nSPS) is 23.9. The van der Waals surface area contributed by atoms with Crippen molar-refractivity contribution < 1.29 is 14.4 Å². The van der Waals surface area contributed by atoms with Crippen molar-refractivity contribution in [3.8, 4) is 0 Å². The molecule has 6 nitrogen and oxygen atoms in total. The van der Waals surface area contributed by atoms with Crippen LogP contribution in [0.15, 0.2) is 0 Å². The fourth-order valence-electron chi connectivity index (χ4n) is 3.35. The van der Waals surface area contributed by atoms with E-state index in [2.05, 4.69) is 10.6 Å². The molecule has 1 saturated heterocycles. The van der Waals surface area contributed by atoms with E-state index < -0.39 is 6.04 Å². The van der Waals surface area contributed by atoms with Crippen LogP contribution in [0.3, 0.4) is 0 Å². The second-order valence-corrected chi connectivity index (χ2v) is 7.85. The number of nitrogens with zero attached hydrogens (tertiary/aromatic N) is 1. The predicted octanol–water partition coefficient (Wildman–Crippen LogP) is 1.20. The third kappa shape index (κ3) is 4.69. The van der Waals surface area contributed by atoms with Crippen LogP contribution in [0.4, 0.5) is 0 Å². The molecule has 0 aromatic heterocycles. The zero-order valence-corrected chi connectivity index (χ0v) is 14.6. The highest BCUT2D eigenvalue weighted by Gasteiger charge is 2.39. The van der Waals surface area contributed by atoms with Crippen LogP contribution < -0.4 is 10.6 Å². The predicted molar refractivity (Wildman–Crippen MR) is 87.6 cm³/mol. The van der Waals surface area contributed by atoms with E-state index in [-0.39, 0.29) is 35.6 Å². The molecule has 2 atom stereocenters. The second-order valence-electron chi connectivity index (χ2n) is 7.85. The van der Waals surface area contributed by atoms with Gasteiger partial charge in [0.05, 0.1) is 5.92 Å². The van der Waals surface area contributed by atoms with Crippen molar-refractivity contribution in [3.63, 3.8) is 0 Å². The Morgan fingerprint density at radius 1 is 1.22 bits per heavy atom. The lowest BCUT2D eigenvalue weighted by Gasteiger charge is -2.25. The minimum atomic E-state index is -0.600. The minimum absolute atomic E-state index is 0.0730. The number of likely N-dealkylation sites (tertiary alicyclic amines) is 1. The second kappa shape index (κ2) is 6.89. The first kappa shape index (κ1) is 17.8. The first-order chi connectivity index (χ1) is 10.7. The van der Waals surface area contributed by atoms with Gasteiger partial charge in [-0.2, -0.15) is 0 Å². The molecule has 2 unspecified atom stereocenters. The monoisotopic (exact) mass is 323 g/mol. The molecule has 0 bridgehead atoms. The van der Waals surface area contributed by atoms with Gasteiger partial charge in [-0.1, -0.05) is 12.8 Å². The van der Waals surface area contributed by atoms with E-state index in [1.54, 1.807) is 6.92 Å². The van der Waals surface area contributed by atoms with Crippen LogP contribution in [0, 0.1) is 5.92 Å². The van der Waals surface area contributed by atoms with Gasteiger partial charge in [0.2, 0.25) is 17.7 Å². The third-order valence-corrected chi connectivity index (χ3v) is 4.54. The number of carbonyl (C=O) groups excluding carboxylic acids is 3. The van der Waals surface area contributed by atoms with Crippen LogP contribution in [0.1, 0.15) is 59.8 Å². The largest absolute Gasteiger partial charge is 0.350 e. The fourth-order valence-corrected chi connectivity index (χ4v) is 3.35. The van der Waals surface area contributed by atoms with E-state index in [9.17, 15) is 14.4 Å². The Bertz CT molecular complexity index is 478. The minimum Gasteiger partial charge on any atom is -0.350 e. The molecule has 3 amide bonds. The van der Waals surface area contributed by atoms with Gasteiger partial charge in [-0.3, -0.25) is 14.4 Å². The van der Waals surface area contributed by atoms with E-state index in [4.69, 9.17) is 0 Å². The Labute approximate surface area is 138 Å². The van der Waals surface area contributed by atoms with Crippen LogP contribution in [-0.2, 0) is 14.4 Å². The quantitative estimate of drug-likeness (QED) is 0.816. The molecule has 0 radical (unpaired) electrons. The maximum absolute atomic E-state index is 12.4. The lowest BCUT2D eigenvalue weighted by molar-refractivity contribution is -0.131. The molecule has 0 aromatic carbocycles. The van der Waals surface area contributed by atoms with E-state index in [0.717, 1.165) is 25.7 Å². The summed E-state index contributed by atoms with van der Waals surface area (Å²) in [4.78, 5) is 38.4. The standard InChI is InChI=1S/C17H29N3O3/c1-11(15(22)19-17(2,3)4)18-16(23)12-9-14(21)20(10-12)13-7-5-6-8-13/h11-13H,5-10H2,1-4H3,(H,18,23)(H,19,22). The molecular weight excluding hydrogens is 294 g/mol. The number of amides is 3. The summed E-state index contributed by atoms with van der Waals surface area (Å²) in [5, 5.41) is 5.59. The first-order valence-corrected chi connectivity index (χ1v) is 8.59. The van der Waals surface area contributed by atoms with Gasteiger partial charge < -0.3 is 15.5 Å². The number of hydrogen-bond donors (Lipinski definition) is 2. The van der Waals surface area contributed by atoms with Gasteiger partial charge in [-0.05, 0) is 40.5 Å². The van der Waals surface area contributed by atoms with Crippen LogP contribution in [0.25, 0.3) is 0 Å². The van der Waals surface area contributed by atoms with E-state index >= 15 is 0 Å². The van der Waals surface area contributed by atoms with Crippen molar-refractivity contribution in [2.24, 2.45) is 5.92 Å². The van der Waals surface area contributed by atoms with Gasteiger partial charge in [-0.15, -0.1) is 0 Å². The van der Waals surface area contributed by atoms with Gasteiger partial charge in [0.1, 0.15) is 6.04 Å². The molecule has 23 heavy (non-hydrogen) atoms. The summed E-state index contributed by atoms with van der Waals surface area (Å²) in [6, 6.07) is -0.292. The summed E-state index contributed by atoms with van der Waals surface area (Å²) < 4.78 is 0. The van der Waals surface area contributed by atoms with E-state index in [1.165, 1.54) is 0 Å². The molecule has 0 spiro atoms. The summed E-state index contributed by atoms with van der Waals surface area (Å²) in [5.41, 5.74) is -0.335. The zero-order chi connectivity index (χ0) is 17.2. The summed E-state index contributed by atoms with van der Waals surface area (Å²) in [5.74, 6) is -0.671. The smallest absolute Gasteiger partial charge is 0.242 e. The molecule has 6 heteroatoms. The Kier molecular flexibility index (Phi) is 5.32. The highest BCUT2D eigenvalue weighted by Crippen LogP contribution is 2.29. The average Bonchev–Trinajstić information content (AvgIpc) is 3.05. The third-order valence-electron chi connectivity index (χ3n) is 4.54. The summed E-state index contributed by atoms with van der Waals surface area (Å²) >= 11 is 0. The number of carbonyl (C=O) groups is 3. The van der Waals surface area contributed by atoms with Crippen molar-refractivity contribution in [1.82, 2.24) is 15.5 Å². The molecule has 2 N–H and O–H groups in total. The molecule has 2 fully saturated rings. The van der Waals surface area contributed by atoms with Crippen LogP contribution >= 0.6 is 0 Å². The summed E-state index contributed by atoms with van der Waals surface area (Å²) in [6.07, 6.45) is 4.68. The maximum Gasteiger partial charge on any atom is 0.242 e. The van der Waals surface area contributed by atoms with Crippen molar-refractivity contribution in [2.45, 2.75) is 77.4 Å². The number of rotatable bonds is 4. The highest BCUT2D eigenvalue weighted by molar-refractivity contribution is 5.92. The van der Waals surface area contributed by atoms with Gasteiger partial charge in [0.15, 0.2) is 0 Å². The highest BCUT2D eigenvalue weighted by atomic mass is 16.2. The van der Waals surface area contributed by atoms with Crippen LogP contribution in [0.5, 0.6) is 0 Å². The first-order valence-electron chi connectivity index (χ1n) is 8.59. The topological polar surface area (TPSA) is 78.5 Å². The maximum atomic E-state index is 12.4. The SMILES string of the molecule is CC(NC(=O)C1CC(=O)N(C2CCCC2)C1)C(=O)NC(C)(C)C. The Hall–Kier alpha value is -1.59. The lowest BCUT2D eigenvalue weighted by atomic mass is 10.1. The van der Waals surface area contributed by atoms with Gasteiger partial charge in [0.25, 0.3) is 0 Å². The molecule has 1 saturated carbocycles. The van der Waals surface area contributed by atoms with Gasteiger partial charge in [-0.25, -0.2) is 0 Å². The Balaban J connectivity index is 1.86. The van der Waals surface area contributed by atoms with Gasteiger partial charge in [0, 0.05) is 24.5 Å². The molecule has 1 heterocycles. The molecule has 2 aliphatic rings. The zero-order valence-electron chi connectivity index (χ0n) is 14.6. The van der Waals surface area contributed by atoms with Crippen molar-refractivity contribution in [3.05, 3.63) is 0 Å². The van der Waals surface area contributed by atoms with Crippen molar-refractivity contribution in [2.75, 3.05) is 6.54 Å².